The van der Waals surface area contributed by atoms with Gasteiger partial charge < -0.3 is 5.32 Å². The van der Waals surface area contributed by atoms with Crippen LogP contribution in [-0.2, 0) is 10.0 Å². The minimum Gasteiger partial charge on any atom is -0.320 e. The second-order valence-electron chi connectivity index (χ2n) is 7.79. The lowest BCUT2D eigenvalue weighted by Crippen LogP contribution is -2.18. The van der Waals surface area contributed by atoms with E-state index in [4.69, 9.17) is 16.7 Å². The highest BCUT2D eigenvalue weighted by molar-refractivity contribution is 7.89. The van der Waals surface area contributed by atoms with Crippen LogP contribution in [0.1, 0.15) is 61.1 Å². The fourth-order valence-corrected chi connectivity index (χ4v) is 4.29. The number of benzene rings is 2. The molecule has 8 heteroatoms. The van der Waals surface area contributed by atoms with Gasteiger partial charge in [-0.3, -0.25) is 4.79 Å². The fourth-order valence-electron chi connectivity index (χ4n) is 3.36. The first-order valence-electron chi connectivity index (χ1n) is 9.56. The average molecular weight is 446 g/mol. The fraction of sp³-hybridized carbons (Fsp3) is 0.273. The lowest BCUT2D eigenvalue weighted by molar-refractivity contribution is 0.102. The number of primary sulfonamides is 1. The van der Waals surface area contributed by atoms with E-state index < -0.39 is 15.9 Å². The molecular weight excluding hydrogens is 422 g/mol. The third-order valence-electron chi connectivity index (χ3n) is 4.87. The molecule has 0 fully saturated rings. The highest BCUT2D eigenvalue weighted by Crippen LogP contribution is 2.35. The second-order valence-corrected chi connectivity index (χ2v) is 9.76. The quantitative estimate of drug-likeness (QED) is 0.574. The van der Waals surface area contributed by atoms with E-state index in [1.165, 1.54) is 6.07 Å². The Morgan fingerprint density at radius 2 is 1.63 bits per heavy atom. The van der Waals surface area contributed by atoms with Crippen LogP contribution in [0.3, 0.4) is 0 Å². The number of sulfonamides is 1. The third-order valence-corrected chi connectivity index (χ3v) is 6.03. The van der Waals surface area contributed by atoms with Crippen molar-refractivity contribution in [3.8, 4) is 0 Å². The molecule has 1 heterocycles. The van der Waals surface area contributed by atoms with Crippen molar-refractivity contribution in [3.63, 3.8) is 0 Å². The molecule has 30 heavy (non-hydrogen) atoms. The molecule has 0 aliphatic rings. The number of nitrogens with one attached hydrogen (secondary N) is 1. The van der Waals surface area contributed by atoms with E-state index in [1.54, 1.807) is 24.3 Å². The zero-order valence-electron chi connectivity index (χ0n) is 17.2. The van der Waals surface area contributed by atoms with Gasteiger partial charge in [0.25, 0.3) is 5.91 Å². The van der Waals surface area contributed by atoms with Crippen LogP contribution < -0.4 is 10.5 Å². The highest BCUT2D eigenvalue weighted by atomic mass is 35.5. The number of carbonyl (C=O) groups excluding carboxylic acids is 1. The molecule has 0 radical (unpaired) electrons. The summed E-state index contributed by atoms with van der Waals surface area (Å²) < 4.78 is 23.8. The van der Waals surface area contributed by atoms with Gasteiger partial charge in [-0.2, -0.15) is 0 Å². The molecule has 0 spiro atoms. The number of aromatic nitrogens is 1. The van der Waals surface area contributed by atoms with Crippen LogP contribution in [-0.4, -0.2) is 19.3 Å². The van der Waals surface area contributed by atoms with Gasteiger partial charge in [0.2, 0.25) is 10.0 Å². The van der Waals surface area contributed by atoms with Gasteiger partial charge in [-0.1, -0.05) is 57.5 Å². The number of hydrogen-bond donors (Lipinski definition) is 2. The van der Waals surface area contributed by atoms with Gasteiger partial charge in [-0.15, -0.1) is 0 Å². The SMILES string of the molecule is CC(C)c1cc(Cl)cc(C(C)C)c1NC(=O)c1ccc2cccc(S(N)(=O)=O)c2n1. The summed E-state index contributed by atoms with van der Waals surface area (Å²) in [7, 11) is -3.98. The van der Waals surface area contributed by atoms with Crippen molar-refractivity contribution in [1.29, 1.82) is 0 Å². The van der Waals surface area contributed by atoms with Gasteiger partial charge in [0.1, 0.15) is 10.6 Å². The number of carbonyl (C=O) groups is 1. The first kappa shape index (κ1) is 22.2. The van der Waals surface area contributed by atoms with E-state index >= 15 is 0 Å². The Morgan fingerprint density at radius 1 is 1.03 bits per heavy atom. The Bertz CT molecular complexity index is 1210. The monoisotopic (exact) mass is 445 g/mol. The Balaban J connectivity index is 2.10. The van der Waals surface area contributed by atoms with Crippen LogP contribution in [0.15, 0.2) is 47.4 Å². The second kappa shape index (κ2) is 8.34. The normalized spacial score (nSPS) is 12.0. The molecule has 0 saturated heterocycles. The molecule has 2 aromatic carbocycles. The summed E-state index contributed by atoms with van der Waals surface area (Å²) in [5.74, 6) is -0.169. The zero-order valence-corrected chi connectivity index (χ0v) is 18.8. The Hall–Kier alpha value is -2.48. The predicted molar refractivity (Wildman–Crippen MR) is 121 cm³/mol. The van der Waals surface area contributed by atoms with E-state index in [0.29, 0.717) is 16.1 Å². The van der Waals surface area contributed by atoms with Crippen molar-refractivity contribution in [3.05, 3.63) is 64.3 Å². The minimum absolute atomic E-state index is 0.0953. The number of hydrogen-bond acceptors (Lipinski definition) is 4. The maximum Gasteiger partial charge on any atom is 0.274 e. The van der Waals surface area contributed by atoms with Crippen LogP contribution in [0.2, 0.25) is 5.02 Å². The molecule has 0 aliphatic heterocycles. The van der Waals surface area contributed by atoms with Crippen molar-refractivity contribution in [2.45, 2.75) is 44.4 Å². The van der Waals surface area contributed by atoms with Gasteiger partial charge in [0.05, 0.1) is 5.52 Å². The Labute approximate surface area is 181 Å². The molecule has 3 rings (SSSR count). The third kappa shape index (κ3) is 4.48. The lowest BCUT2D eigenvalue weighted by Gasteiger charge is -2.21. The number of nitrogens with zero attached hydrogens (tertiary/aromatic N) is 1. The van der Waals surface area contributed by atoms with Crippen molar-refractivity contribution in [1.82, 2.24) is 4.98 Å². The molecule has 0 bridgehead atoms. The molecule has 0 aliphatic carbocycles. The van der Waals surface area contributed by atoms with Crippen LogP contribution in [0.5, 0.6) is 0 Å². The van der Waals surface area contributed by atoms with Crippen molar-refractivity contribution >= 4 is 44.1 Å². The molecule has 1 aromatic heterocycles. The van der Waals surface area contributed by atoms with E-state index in [9.17, 15) is 13.2 Å². The highest BCUT2D eigenvalue weighted by Gasteiger charge is 2.20. The van der Waals surface area contributed by atoms with Crippen LogP contribution >= 0.6 is 11.6 Å². The summed E-state index contributed by atoms with van der Waals surface area (Å²) >= 11 is 6.30. The summed E-state index contributed by atoms with van der Waals surface area (Å²) in [6.45, 7) is 8.10. The molecule has 3 aromatic rings. The van der Waals surface area contributed by atoms with Gasteiger partial charge in [0, 0.05) is 16.1 Å². The number of anilines is 1. The van der Waals surface area contributed by atoms with E-state index in [2.05, 4.69) is 10.3 Å². The maximum absolute atomic E-state index is 13.1. The summed E-state index contributed by atoms with van der Waals surface area (Å²) in [6, 6.07) is 11.6. The number of halogens is 1. The van der Waals surface area contributed by atoms with Gasteiger partial charge >= 0.3 is 0 Å². The van der Waals surface area contributed by atoms with Crippen molar-refractivity contribution in [2.75, 3.05) is 5.32 Å². The molecule has 3 N–H and O–H groups in total. The van der Waals surface area contributed by atoms with Crippen LogP contribution in [0, 0.1) is 0 Å². The molecule has 158 valence electrons. The summed E-state index contributed by atoms with van der Waals surface area (Å²) in [5.41, 5.74) is 2.81. The number of pyridine rings is 1. The topological polar surface area (TPSA) is 102 Å². The summed E-state index contributed by atoms with van der Waals surface area (Å²) in [5, 5.41) is 9.47. The number of para-hydroxylation sites is 1. The van der Waals surface area contributed by atoms with Crippen molar-refractivity contribution < 1.29 is 13.2 Å². The van der Waals surface area contributed by atoms with Crippen LogP contribution in [0.25, 0.3) is 10.9 Å². The molecule has 6 nitrogen and oxygen atoms in total. The minimum atomic E-state index is -3.98. The van der Waals surface area contributed by atoms with Crippen molar-refractivity contribution in [2.24, 2.45) is 5.14 Å². The summed E-state index contributed by atoms with van der Waals surface area (Å²) in [6.07, 6.45) is 0. The molecule has 0 atom stereocenters. The number of fused-ring (bicyclic) bond motifs is 1. The molecular formula is C22H24ClN3O3S. The van der Waals surface area contributed by atoms with Gasteiger partial charge in [-0.25, -0.2) is 18.5 Å². The molecule has 1 amide bonds. The molecule has 0 saturated carbocycles. The van der Waals surface area contributed by atoms with Gasteiger partial charge in [-0.05, 0) is 47.2 Å². The smallest absolute Gasteiger partial charge is 0.274 e. The van der Waals surface area contributed by atoms with Gasteiger partial charge in [0.15, 0.2) is 0 Å². The predicted octanol–water partition coefficient (Wildman–Crippen LogP) is 5.03. The number of nitrogens with two attached hydrogens (primary N) is 1. The Morgan fingerprint density at radius 3 is 2.17 bits per heavy atom. The summed E-state index contributed by atoms with van der Waals surface area (Å²) in [4.78, 5) is 17.3. The standard InChI is InChI=1S/C22H24ClN3O3S/c1-12(2)16-10-15(23)11-17(13(3)4)21(16)26-22(27)18-9-8-14-6-5-7-19(20(14)25-18)30(24,28)29/h5-13H,1-4H3,(H,26,27)(H2,24,28,29). The van der Waals surface area contributed by atoms with E-state index in [1.807, 2.05) is 39.8 Å². The first-order chi connectivity index (χ1) is 14.0. The van der Waals surface area contributed by atoms with E-state index in [0.717, 1.165) is 11.1 Å². The molecule has 0 unspecified atom stereocenters. The zero-order chi connectivity index (χ0) is 22.2. The van der Waals surface area contributed by atoms with Crippen LogP contribution in [0.4, 0.5) is 5.69 Å². The van der Waals surface area contributed by atoms with E-state index in [-0.39, 0.29) is 27.9 Å². The maximum atomic E-state index is 13.1. The number of rotatable bonds is 5. The lowest BCUT2D eigenvalue weighted by atomic mass is 9.92. The Kier molecular flexibility index (Phi) is 6.17. The largest absolute Gasteiger partial charge is 0.320 e. The first-order valence-corrected chi connectivity index (χ1v) is 11.5. The number of amides is 1. The average Bonchev–Trinajstić information content (AvgIpc) is 2.66.